The molecule has 0 rings (SSSR count). The van der Waals surface area contributed by atoms with Crippen LogP contribution in [0.4, 0.5) is 0 Å². The van der Waals surface area contributed by atoms with E-state index in [-0.39, 0.29) is 26.2 Å². The fourth-order valence-electron chi connectivity index (χ4n) is 6.51. The van der Waals surface area contributed by atoms with Gasteiger partial charge in [0, 0.05) is 0 Å². The molecular formula is C32H64P2Si2. The number of hydrogen-bond donors (Lipinski definition) is 0. The van der Waals surface area contributed by atoms with Gasteiger partial charge in [0.2, 0.25) is 0 Å². The van der Waals surface area contributed by atoms with Gasteiger partial charge in [-0.15, -0.1) is 11.1 Å². The van der Waals surface area contributed by atoms with E-state index in [1.807, 2.05) is 0 Å². The quantitative estimate of drug-likeness (QED) is 0.148. The Hall–Kier alpha value is 0.414. The summed E-state index contributed by atoms with van der Waals surface area (Å²) in [6.45, 7) is 43.8. The molecule has 2 unspecified atom stereocenters. The highest BCUT2D eigenvalue weighted by Crippen LogP contribution is 2.56. The maximum absolute atomic E-state index is 4.10. The second-order valence-corrected chi connectivity index (χ2v) is 31.8. The highest BCUT2D eigenvalue weighted by molar-refractivity contribution is 7.68. The predicted octanol–water partition coefficient (Wildman–Crippen LogP) is 11.9. The highest BCUT2D eigenvalue weighted by Gasteiger charge is 2.43. The minimum Gasteiger partial charge on any atom is -0.126 e. The molecule has 0 saturated heterocycles. The molecule has 0 N–H and O–H groups in total. The van der Waals surface area contributed by atoms with E-state index < -0.39 is 16.1 Å². The lowest BCUT2D eigenvalue weighted by molar-refractivity contribution is 0.781. The van der Waals surface area contributed by atoms with Crippen molar-refractivity contribution >= 4 is 32.0 Å². The molecule has 0 aromatic rings. The maximum Gasteiger partial charge on any atom is 0.146 e. The summed E-state index contributed by atoms with van der Waals surface area (Å²) in [4.78, 5) is 0. The van der Waals surface area contributed by atoms with Crippen molar-refractivity contribution in [1.82, 2.24) is 0 Å². The first-order chi connectivity index (χ1) is 16.1. The van der Waals surface area contributed by atoms with Crippen molar-refractivity contribution in [1.29, 1.82) is 0 Å². The van der Waals surface area contributed by atoms with Crippen LogP contribution in [0, 0.1) is 22.4 Å². The molecule has 0 aromatic carbocycles. The van der Waals surface area contributed by atoms with E-state index >= 15 is 0 Å². The van der Waals surface area contributed by atoms with Crippen molar-refractivity contribution in [3.8, 4) is 22.4 Å². The lowest BCUT2D eigenvalue weighted by Gasteiger charge is -2.39. The first-order valence-corrected chi connectivity index (χ1v) is 22.2. The van der Waals surface area contributed by atoms with E-state index in [2.05, 4.69) is 147 Å². The molecule has 0 radical (unpaired) electrons. The van der Waals surface area contributed by atoms with E-state index in [1.54, 1.807) is 0 Å². The van der Waals surface area contributed by atoms with E-state index in [0.717, 1.165) is 0 Å². The van der Waals surface area contributed by atoms with Gasteiger partial charge in [0.05, 0.1) is 0 Å². The summed E-state index contributed by atoms with van der Waals surface area (Å²) in [5.41, 5.74) is 20.4. The SMILES string of the molecule is CC(C)[Si](C#CP(CCP(C#C[Si](C(C)C)(C(C)C)C(C)C)C(C)(C)C)C(C)(C)C)(C(C)C)C(C)C. The van der Waals surface area contributed by atoms with Crippen LogP contribution in [-0.2, 0) is 0 Å². The molecule has 0 fully saturated rings. The van der Waals surface area contributed by atoms with Crippen LogP contribution in [0.5, 0.6) is 0 Å². The van der Waals surface area contributed by atoms with E-state index in [0.29, 0.717) is 33.2 Å². The Kier molecular flexibility index (Phi) is 14.3. The Balaban J connectivity index is 6.41. The molecule has 0 aromatic heterocycles. The third-order valence-corrected chi connectivity index (χ3v) is 27.4. The van der Waals surface area contributed by atoms with Crippen LogP contribution in [0.2, 0.25) is 33.2 Å². The Morgan fingerprint density at radius 2 is 0.639 bits per heavy atom. The zero-order valence-electron chi connectivity index (χ0n) is 27.8. The van der Waals surface area contributed by atoms with Crippen LogP contribution in [0.3, 0.4) is 0 Å². The second-order valence-electron chi connectivity index (χ2n) is 14.9. The predicted molar refractivity (Wildman–Crippen MR) is 181 cm³/mol. The van der Waals surface area contributed by atoms with Gasteiger partial charge >= 0.3 is 0 Å². The molecule has 0 aliphatic rings. The van der Waals surface area contributed by atoms with Crippen molar-refractivity contribution in [2.75, 3.05) is 12.3 Å². The van der Waals surface area contributed by atoms with Crippen LogP contribution in [0.15, 0.2) is 0 Å². The topological polar surface area (TPSA) is 0 Å². The summed E-state index contributed by atoms with van der Waals surface area (Å²) in [5.74, 6) is 0. The molecule has 0 bridgehead atoms. The molecule has 0 saturated carbocycles. The molecule has 210 valence electrons. The van der Waals surface area contributed by atoms with Crippen LogP contribution < -0.4 is 0 Å². The maximum atomic E-state index is 4.10. The minimum absolute atomic E-state index is 0.256. The van der Waals surface area contributed by atoms with Gasteiger partial charge in [-0.25, -0.2) is 0 Å². The Bertz CT molecular complexity index is 675. The molecule has 4 heteroatoms. The van der Waals surface area contributed by atoms with Crippen LogP contribution in [0.1, 0.15) is 125 Å². The standard InChI is InChI=1S/C32H64P2Si2/c1-25(2)35(26(3)4,27(5)6)23-21-33(31(13,14)15)19-20-34(32(16,17)18)22-24-36(28(7)8,29(9)10)30(11)12/h25-30H,19-20H2,1-18H3. The van der Waals surface area contributed by atoms with Gasteiger partial charge in [0.25, 0.3) is 0 Å². The average Bonchev–Trinajstić information content (AvgIpc) is 2.65. The molecule has 0 aliphatic heterocycles. The van der Waals surface area contributed by atoms with E-state index in [9.17, 15) is 0 Å². The summed E-state index contributed by atoms with van der Waals surface area (Å²) in [7, 11) is -4.13. The van der Waals surface area contributed by atoms with Crippen molar-refractivity contribution < 1.29 is 0 Å². The first-order valence-electron chi connectivity index (χ1n) is 14.7. The second kappa shape index (κ2) is 14.2. The lowest BCUT2D eigenvalue weighted by atomic mass is 10.3. The largest absolute Gasteiger partial charge is 0.146 e. The molecule has 0 nitrogen and oxygen atoms in total. The minimum atomic E-state index is -1.70. The van der Waals surface area contributed by atoms with Crippen molar-refractivity contribution in [3.63, 3.8) is 0 Å². The summed E-state index contributed by atoms with van der Waals surface area (Å²) in [6.07, 6.45) is 2.48. The third kappa shape index (κ3) is 8.98. The van der Waals surface area contributed by atoms with Gasteiger partial charge in [-0.3, -0.25) is 0 Å². The van der Waals surface area contributed by atoms with Crippen molar-refractivity contribution in [3.05, 3.63) is 0 Å². The van der Waals surface area contributed by atoms with Gasteiger partial charge in [-0.2, -0.15) is 0 Å². The Morgan fingerprint density at radius 3 is 0.778 bits per heavy atom. The van der Waals surface area contributed by atoms with Gasteiger partial charge in [-0.1, -0.05) is 136 Å². The average molecular weight is 567 g/mol. The highest BCUT2D eigenvalue weighted by atomic mass is 31.1. The first kappa shape index (κ1) is 36.4. The van der Waals surface area contributed by atoms with Crippen LogP contribution >= 0.6 is 15.8 Å². The van der Waals surface area contributed by atoms with E-state index in [4.69, 9.17) is 0 Å². The lowest BCUT2D eigenvalue weighted by Crippen LogP contribution is -2.43. The third-order valence-electron chi connectivity index (χ3n) is 8.71. The molecular weight excluding hydrogens is 502 g/mol. The van der Waals surface area contributed by atoms with Crippen LogP contribution in [-0.4, -0.2) is 38.8 Å². The summed E-state index contributed by atoms with van der Waals surface area (Å²) < 4.78 is 0. The summed E-state index contributed by atoms with van der Waals surface area (Å²) >= 11 is 0. The normalized spacial score (nSPS) is 15.4. The molecule has 0 heterocycles. The fraction of sp³-hybridized carbons (Fsp3) is 0.875. The summed E-state index contributed by atoms with van der Waals surface area (Å²) in [5, 5.41) is 0.512. The monoisotopic (exact) mass is 566 g/mol. The molecule has 0 spiro atoms. The Labute approximate surface area is 234 Å². The molecule has 36 heavy (non-hydrogen) atoms. The smallest absolute Gasteiger partial charge is 0.126 e. The zero-order chi connectivity index (χ0) is 28.9. The van der Waals surface area contributed by atoms with Crippen LogP contribution in [0.25, 0.3) is 0 Å². The number of rotatable bonds is 9. The number of hydrogen-bond acceptors (Lipinski definition) is 0. The zero-order valence-corrected chi connectivity index (χ0v) is 31.6. The summed E-state index contributed by atoms with van der Waals surface area (Å²) in [6, 6.07) is 0. The molecule has 2 atom stereocenters. The Morgan fingerprint density at radius 1 is 0.444 bits per heavy atom. The van der Waals surface area contributed by atoms with E-state index in [1.165, 1.54) is 12.3 Å². The van der Waals surface area contributed by atoms with Gasteiger partial charge in [0.1, 0.15) is 16.1 Å². The van der Waals surface area contributed by atoms with Gasteiger partial charge in [-0.05, 0) is 71.7 Å². The van der Waals surface area contributed by atoms with Crippen molar-refractivity contribution in [2.45, 2.75) is 168 Å². The van der Waals surface area contributed by atoms with Gasteiger partial charge < -0.3 is 0 Å². The molecule has 0 aliphatic carbocycles. The van der Waals surface area contributed by atoms with Gasteiger partial charge in [0.15, 0.2) is 0 Å². The van der Waals surface area contributed by atoms with Crippen molar-refractivity contribution in [2.24, 2.45) is 0 Å². The fourth-order valence-corrected chi connectivity index (χ4v) is 22.7. The molecule has 0 amide bonds.